The van der Waals surface area contributed by atoms with Gasteiger partial charge in [-0.2, -0.15) is 0 Å². The van der Waals surface area contributed by atoms with Crippen LogP contribution in [0.4, 0.5) is 5.69 Å². The average molecular weight is 556 g/mol. The summed E-state index contributed by atoms with van der Waals surface area (Å²) in [5.41, 5.74) is 1.99. The van der Waals surface area contributed by atoms with Crippen molar-refractivity contribution >= 4 is 39.1 Å². The Labute approximate surface area is 230 Å². The Hall–Kier alpha value is -3.36. The predicted molar refractivity (Wildman–Crippen MR) is 152 cm³/mol. The fourth-order valence-corrected chi connectivity index (χ4v) is 5.49. The summed E-state index contributed by atoms with van der Waals surface area (Å²) in [4.78, 5) is 28.3. The normalized spacial score (nSPS) is 12.0. The lowest BCUT2D eigenvalue weighted by atomic mass is 10.1. The van der Waals surface area contributed by atoms with Crippen LogP contribution in [0.2, 0.25) is 5.02 Å². The highest BCUT2D eigenvalue weighted by molar-refractivity contribution is 7.92. The molecule has 1 N–H and O–H groups in total. The molecule has 3 rings (SSSR count). The van der Waals surface area contributed by atoms with E-state index >= 15 is 0 Å². The maximum atomic E-state index is 13.9. The Balaban J connectivity index is 1.98. The summed E-state index contributed by atoms with van der Waals surface area (Å²) >= 11 is 6.03. The molecule has 7 nitrogen and oxygen atoms in total. The van der Waals surface area contributed by atoms with E-state index in [1.54, 1.807) is 67.6 Å². The molecule has 0 aromatic heterocycles. The molecule has 0 fully saturated rings. The summed E-state index contributed by atoms with van der Waals surface area (Å²) in [6.45, 7) is 5.68. The van der Waals surface area contributed by atoms with Crippen LogP contribution in [0.25, 0.3) is 0 Å². The third-order valence-electron chi connectivity index (χ3n) is 6.16. The molecule has 3 aromatic rings. The van der Waals surface area contributed by atoms with Gasteiger partial charge in [-0.25, -0.2) is 8.42 Å². The molecule has 0 aliphatic rings. The van der Waals surface area contributed by atoms with Gasteiger partial charge < -0.3 is 10.2 Å². The number of aryl methyl sites for hydroxylation is 1. The predicted octanol–water partition coefficient (Wildman–Crippen LogP) is 5.18. The van der Waals surface area contributed by atoms with Gasteiger partial charge in [-0.15, -0.1) is 0 Å². The van der Waals surface area contributed by atoms with E-state index in [-0.39, 0.29) is 17.3 Å². The number of nitrogens with zero attached hydrogens (tertiary/aromatic N) is 2. The number of halogens is 1. The smallest absolute Gasteiger partial charge is 0.264 e. The molecule has 202 valence electrons. The van der Waals surface area contributed by atoms with Crippen LogP contribution in [0.1, 0.15) is 37.8 Å². The first-order valence-corrected chi connectivity index (χ1v) is 14.4. The minimum atomic E-state index is -4.07. The van der Waals surface area contributed by atoms with Crippen LogP contribution < -0.4 is 9.62 Å². The molecule has 2 amide bonds. The van der Waals surface area contributed by atoms with Crippen molar-refractivity contribution in [1.29, 1.82) is 0 Å². The highest BCUT2D eigenvalue weighted by Gasteiger charge is 2.32. The van der Waals surface area contributed by atoms with E-state index in [4.69, 9.17) is 11.6 Å². The number of nitrogens with one attached hydrogen (secondary N) is 1. The van der Waals surface area contributed by atoms with Gasteiger partial charge in [-0.3, -0.25) is 13.9 Å². The molecule has 0 heterocycles. The van der Waals surface area contributed by atoms with E-state index in [0.29, 0.717) is 17.3 Å². The third-order valence-corrected chi connectivity index (χ3v) is 8.20. The van der Waals surface area contributed by atoms with Gasteiger partial charge in [-0.1, -0.05) is 67.4 Å². The molecule has 3 aromatic carbocycles. The van der Waals surface area contributed by atoms with E-state index < -0.39 is 28.5 Å². The van der Waals surface area contributed by atoms with Crippen molar-refractivity contribution in [3.8, 4) is 0 Å². The van der Waals surface area contributed by atoms with E-state index in [9.17, 15) is 18.0 Å². The minimum absolute atomic E-state index is 0.0731. The minimum Gasteiger partial charge on any atom is -0.354 e. The summed E-state index contributed by atoms with van der Waals surface area (Å²) in [7, 11) is -4.07. The fraction of sp³-hybridized carbons (Fsp3) is 0.310. The maximum Gasteiger partial charge on any atom is 0.264 e. The molecule has 0 aliphatic carbocycles. The highest BCUT2D eigenvalue weighted by Crippen LogP contribution is 2.25. The summed E-state index contributed by atoms with van der Waals surface area (Å²) in [6.07, 6.45) is 1.74. The third kappa shape index (κ3) is 7.58. The zero-order valence-electron chi connectivity index (χ0n) is 21.9. The second-order valence-corrected chi connectivity index (χ2v) is 11.4. The van der Waals surface area contributed by atoms with Gasteiger partial charge in [0.15, 0.2) is 0 Å². The van der Waals surface area contributed by atoms with Gasteiger partial charge in [0.1, 0.15) is 12.6 Å². The van der Waals surface area contributed by atoms with Gasteiger partial charge in [0, 0.05) is 18.1 Å². The molecular formula is C29H34ClN3O4S. The summed E-state index contributed by atoms with van der Waals surface area (Å²) in [5.74, 6) is -0.798. The van der Waals surface area contributed by atoms with Crippen LogP contribution >= 0.6 is 11.6 Å². The zero-order chi connectivity index (χ0) is 27.7. The number of carbonyl (C=O) groups excluding carboxylic acids is 2. The lowest BCUT2D eigenvalue weighted by Crippen LogP contribution is -2.51. The van der Waals surface area contributed by atoms with Gasteiger partial charge >= 0.3 is 0 Å². The second-order valence-electron chi connectivity index (χ2n) is 9.13. The number of hydrogen-bond donors (Lipinski definition) is 1. The van der Waals surface area contributed by atoms with E-state index in [1.165, 1.54) is 17.0 Å². The van der Waals surface area contributed by atoms with Crippen molar-refractivity contribution in [3.63, 3.8) is 0 Å². The van der Waals surface area contributed by atoms with Crippen LogP contribution in [0.5, 0.6) is 0 Å². The molecule has 0 aliphatic heterocycles. The van der Waals surface area contributed by atoms with Crippen molar-refractivity contribution in [3.05, 3.63) is 95.0 Å². The number of hydrogen-bond acceptors (Lipinski definition) is 4. The number of unbranched alkanes of at least 4 members (excludes halogenated alkanes) is 1. The van der Waals surface area contributed by atoms with Crippen LogP contribution in [0.3, 0.4) is 0 Å². The first-order valence-electron chi connectivity index (χ1n) is 12.6. The number of rotatable bonds is 12. The number of anilines is 1. The first-order chi connectivity index (χ1) is 18.1. The summed E-state index contributed by atoms with van der Waals surface area (Å²) in [6, 6.07) is 21.1. The molecule has 0 spiro atoms. The molecule has 38 heavy (non-hydrogen) atoms. The summed E-state index contributed by atoms with van der Waals surface area (Å²) in [5, 5.41) is 3.43. The topological polar surface area (TPSA) is 86.8 Å². The SMILES string of the molecule is CCCCNC(=O)[C@@H](C)N(Cc1ccc(Cl)cc1)C(=O)CN(c1cccc(C)c1)S(=O)(=O)c1ccccc1. The molecular weight excluding hydrogens is 522 g/mol. The molecule has 0 bridgehead atoms. The van der Waals surface area contributed by atoms with Gasteiger partial charge in [-0.05, 0) is 67.8 Å². The molecule has 0 saturated carbocycles. The largest absolute Gasteiger partial charge is 0.354 e. The highest BCUT2D eigenvalue weighted by atomic mass is 35.5. The number of sulfonamides is 1. The van der Waals surface area contributed by atoms with E-state index in [1.807, 2.05) is 19.9 Å². The molecule has 1 atom stereocenters. The molecule has 0 radical (unpaired) electrons. The number of benzene rings is 3. The van der Waals surface area contributed by atoms with Crippen molar-refractivity contribution in [1.82, 2.24) is 10.2 Å². The van der Waals surface area contributed by atoms with Gasteiger partial charge in [0.2, 0.25) is 11.8 Å². The molecule has 0 saturated heterocycles. The van der Waals surface area contributed by atoms with Crippen LogP contribution in [0.15, 0.2) is 83.8 Å². The van der Waals surface area contributed by atoms with Crippen molar-refractivity contribution in [2.24, 2.45) is 0 Å². The fourth-order valence-electron chi connectivity index (χ4n) is 3.94. The maximum absolute atomic E-state index is 13.9. The molecule has 0 unspecified atom stereocenters. The molecule has 9 heteroatoms. The quantitative estimate of drug-likeness (QED) is 0.312. The Kier molecular flexibility index (Phi) is 10.3. The van der Waals surface area contributed by atoms with Crippen LogP contribution in [-0.2, 0) is 26.2 Å². The number of carbonyl (C=O) groups is 2. The zero-order valence-corrected chi connectivity index (χ0v) is 23.5. The summed E-state index contributed by atoms with van der Waals surface area (Å²) < 4.78 is 28.6. The van der Waals surface area contributed by atoms with Crippen molar-refractivity contribution < 1.29 is 18.0 Å². The van der Waals surface area contributed by atoms with Crippen molar-refractivity contribution in [2.75, 3.05) is 17.4 Å². The monoisotopic (exact) mass is 555 g/mol. The van der Waals surface area contributed by atoms with Gasteiger partial charge in [0.25, 0.3) is 10.0 Å². The lowest BCUT2D eigenvalue weighted by Gasteiger charge is -2.32. The van der Waals surface area contributed by atoms with E-state index in [0.717, 1.165) is 28.3 Å². The van der Waals surface area contributed by atoms with Crippen molar-refractivity contribution in [2.45, 2.75) is 51.1 Å². The van der Waals surface area contributed by atoms with Gasteiger partial charge in [0.05, 0.1) is 10.6 Å². The number of amides is 2. The van der Waals surface area contributed by atoms with E-state index in [2.05, 4.69) is 5.32 Å². The Morgan fingerprint density at radius 3 is 2.29 bits per heavy atom. The Morgan fingerprint density at radius 2 is 1.66 bits per heavy atom. The van der Waals surface area contributed by atoms with Crippen LogP contribution in [-0.4, -0.2) is 44.3 Å². The second kappa shape index (κ2) is 13.4. The standard InChI is InChI=1S/C29H34ClN3O4S/c1-4-5-18-31-29(35)23(3)32(20-24-14-16-25(30)17-15-24)28(34)21-33(26-11-9-10-22(2)19-26)38(36,37)27-12-7-6-8-13-27/h6-17,19,23H,4-5,18,20-21H2,1-3H3,(H,31,35)/t23-/m1/s1. The van der Waals surface area contributed by atoms with Crippen LogP contribution in [0, 0.1) is 6.92 Å². The average Bonchev–Trinajstić information content (AvgIpc) is 2.91. The lowest BCUT2D eigenvalue weighted by molar-refractivity contribution is -0.139. The Bertz CT molecular complexity index is 1330. The Morgan fingerprint density at radius 1 is 0.974 bits per heavy atom. The first kappa shape index (κ1) is 29.2.